The molecule has 0 bridgehead atoms. The molecule has 1 N–H and O–H groups in total. The second-order valence-corrected chi connectivity index (χ2v) is 9.48. The lowest BCUT2D eigenvalue weighted by Gasteiger charge is -2.37. The molecule has 1 unspecified atom stereocenters. The van der Waals surface area contributed by atoms with Crippen molar-refractivity contribution in [3.8, 4) is 0 Å². The Bertz CT molecular complexity index is 1450. The molecule has 7 heteroatoms. The molecule has 1 atom stereocenters. The summed E-state index contributed by atoms with van der Waals surface area (Å²) in [5.41, 5.74) is 5.59. The van der Waals surface area contributed by atoms with Gasteiger partial charge in [0.2, 0.25) is 5.91 Å². The highest BCUT2D eigenvalue weighted by Crippen LogP contribution is 2.42. The summed E-state index contributed by atoms with van der Waals surface area (Å²) in [6, 6.07) is 21.9. The van der Waals surface area contributed by atoms with E-state index in [0.717, 1.165) is 33.4 Å². The van der Waals surface area contributed by atoms with E-state index in [9.17, 15) is 14.0 Å². The minimum absolute atomic E-state index is 0.0215. The van der Waals surface area contributed by atoms with Crippen molar-refractivity contribution in [2.24, 2.45) is 0 Å². The monoisotopic (exact) mass is 482 g/mol. The van der Waals surface area contributed by atoms with Crippen molar-refractivity contribution in [1.82, 2.24) is 14.8 Å². The van der Waals surface area contributed by atoms with E-state index in [1.165, 1.54) is 12.1 Å². The van der Waals surface area contributed by atoms with E-state index >= 15 is 0 Å². The highest BCUT2D eigenvalue weighted by Gasteiger charge is 2.41. The number of H-pyrrole nitrogens is 1. The van der Waals surface area contributed by atoms with Gasteiger partial charge in [0.25, 0.3) is 5.91 Å². The molecule has 3 aromatic carbocycles. The molecule has 0 aliphatic carbocycles. The number of hydrogen-bond acceptors (Lipinski definition) is 3. The van der Waals surface area contributed by atoms with Crippen molar-refractivity contribution in [3.05, 3.63) is 101 Å². The minimum Gasteiger partial charge on any atom is -0.368 e. The number of carbonyl (C=O) groups excluding carboxylic acids is 2. The van der Waals surface area contributed by atoms with Crippen molar-refractivity contribution >= 4 is 28.4 Å². The molecule has 36 heavy (non-hydrogen) atoms. The molecule has 2 aliphatic heterocycles. The van der Waals surface area contributed by atoms with Gasteiger partial charge >= 0.3 is 0 Å². The molecule has 0 saturated carbocycles. The summed E-state index contributed by atoms with van der Waals surface area (Å²) in [5.74, 6) is -0.431. The maximum Gasteiger partial charge on any atom is 0.255 e. The molecule has 6 nitrogen and oxygen atoms in total. The fourth-order valence-corrected chi connectivity index (χ4v) is 5.61. The third kappa shape index (κ3) is 3.71. The normalized spacial score (nSPS) is 17.7. The molecular formula is C29H27FN4O2. The fraction of sp³-hybridized carbons (Fsp3) is 0.241. The van der Waals surface area contributed by atoms with Crippen LogP contribution >= 0.6 is 0 Å². The summed E-state index contributed by atoms with van der Waals surface area (Å²) in [6.07, 6.45) is 0. The number of amides is 2. The van der Waals surface area contributed by atoms with Crippen molar-refractivity contribution in [3.63, 3.8) is 0 Å². The number of rotatable bonds is 4. The van der Waals surface area contributed by atoms with Crippen LogP contribution in [-0.2, 0) is 4.79 Å². The SMILES string of the molecule is Cc1[nH]c2ccccc2c1C1c2ccccc2C(=O)N1CC(=O)N1CCN(c2ccc(F)cc2)CC1. The summed E-state index contributed by atoms with van der Waals surface area (Å²) in [7, 11) is 0. The first-order valence-corrected chi connectivity index (χ1v) is 12.3. The topological polar surface area (TPSA) is 59.7 Å². The standard InChI is InChI=1S/C29H27FN4O2/c1-19-27(24-8-4-5-9-25(24)31-19)28-22-6-2-3-7-23(22)29(36)34(28)18-26(35)33-16-14-32(15-17-33)21-12-10-20(30)11-13-21/h2-13,28,31H,14-18H2,1H3. The Kier molecular flexibility index (Phi) is 5.48. The van der Waals surface area contributed by atoms with E-state index in [1.54, 1.807) is 17.0 Å². The number of aromatic amines is 1. The van der Waals surface area contributed by atoms with Crippen molar-refractivity contribution in [2.45, 2.75) is 13.0 Å². The van der Waals surface area contributed by atoms with Crippen LogP contribution in [0.4, 0.5) is 10.1 Å². The summed E-state index contributed by atoms with van der Waals surface area (Å²) in [4.78, 5) is 36.1. The lowest BCUT2D eigenvalue weighted by Crippen LogP contribution is -2.51. The average molecular weight is 483 g/mol. The van der Waals surface area contributed by atoms with Crippen molar-refractivity contribution in [1.29, 1.82) is 0 Å². The average Bonchev–Trinajstić information content (AvgIpc) is 3.37. The van der Waals surface area contributed by atoms with Gasteiger partial charge in [0.1, 0.15) is 12.4 Å². The Morgan fingerprint density at radius 1 is 0.944 bits per heavy atom. The molecule has 0 radical (unpaired) electrons. The first kappa shape index (κ1) is 22.3. The van der Waals surface area contributed by atoms with Crippen LogP contribution in [0.15, 0.2) is 72.8 Å². The molecule has 2 amide bonds. The van der Waals surface area contributed by atoms with E-state index in [4.69, 9.17) is 0 Å². The Morgan fingerprint density at radius 3 is 2.42 bits per heavy atom. The summed E-state index contributed by atoms with van der Waals surface area (Å²) >= 11 is 0. The van der Waals surface area contributed by atoms with E-state index in [0.29, 0.717) is 31.7 Å². The largest absolute Gasteiger partial charge is 0.368 e. The van der Waals surface area contributed by atoms with Gasteiger partial charge in [0.05, 0.1) is 6.04 Å². The highest BCUT2D eigenvalue weighted by molar-refractivity contribution is 6.02. The number of aryl methyl sites for hydroxylation is 1. The van der Waals surface area contributed by atoms with Crippen molar-refractivity contribution < 1.29 is 14.0 Å². The predicted molar refractivity (Wildman–Crippen MR) is 138 cm³/mol. The zero-order valence-corrected chi connectivity index (χ0v) is 20.1. The van der Waals surface area contributed by atoms with Crippen LogP contribution in [0.3, 0.4) is 0 Å². The number of fused-ring (bicyclic) bond motifs is 2. The van der Waals surface area contributed by atoms with E-state index in [2.05, 4.69) is 16.0 Å². The molecule has 2 aliphatic rings. The molecular weight excluding hydrogens is 455 g/mol. The third-order valence-electron chi connectivity index (χ3n) is 7.40. The van der Waals surface area contributed by atoms with Crippen LogP contribution in [-0.4, -0.2) is 59.3 Å². The van der Waals surface area contributed by atoms with Gasteiger partial charge in [-0.2, -0.15) is 0 Å². The van der Waals surface area contributed by atoms with Crippen LogP contribution in [0.25, 0.3) is 10.9 Å². The quantitative estimate of drug-likeness (QED) is 0.466. The number of nitrogens with zero attached hydrogens (tertiary/aromatic N) is 3. The molecule has 1 aromatic heterocycles. The molecule has 3 heterocycles. The lowest BCUT2D eigenvalue weighted by molar-refractivity contribution is -0.132. The van der Waals surface area contributed by atoms with Gasteiger partial charge < -0.3 is 19.7 Å². The minimum atomic E-state index is -0.325. The zero-order chi connectivity index (χ0) is 24.8. The maximum atomic E-state index is 13.5. The number of hydrogen-bond donors (Lipinski definition) is 1. The van der Waals surface area contributed by atoms with E-state index < -0.39 is 0 Å². The highest BCUT2D eigenvalue weighted by atomic mass is 19.1. The Balaban J connectivity index is 1.25. The van der Waals surface area contributed by atoms with Crippen LogP contribution in [0.5, 0.6) is 0 Å². The second kappa shape index (κ2) is 8.82. The van der Waals surface area contributed by atoms with E-state index in [1.807, 2.05) is 54.3 Å². The second-order valence-electron chi connectivity index (χ2n) is 9.48. The van der Waals surface area contributed by atoms with Crippen molar-refractivity contribution in [2.75, 3.05) is 37.6 Å². The number of piperazine rings is 1. The third-order valence-corrected chi connectivity index (χ3v) is 7.40. The number of halogens is 1. The smallest absolute Gasteiger partial charge is 0.255 e. The Hall–Kier alpha value is -4.13. The summed E-state index contributed by atoms with van der Waals surface area (Å²) < 4.78 is 13.3. The first-order valence-electron chi connectivity index (χ1n) is 12.3. The number of carbonyl (C=O) groups is 2. The fourth-order valence-electron chi connectivity index (χ4n) is 5.61. The molecule has 1 fully saturated rings. The number of anilines is 1. The number of benzene rings is 3. The predicted octanol–water partition coefficient (Wildman–Crippen LogP) is 4.51. The van der Waals surface area contributed by atoms with Crippen LogP contribution in [0.2, 0.25) is 0 Å². The lowest BCUT2D eigenvalue weighted by atomic mass is 9.95. The number of nitrogens with one attached hydrogen (secondary N) is 1. The van der Waals surface area contributed by atoms with Gasteiger partial charge in [-0.1, -0.05) is 36.4 Å². The zero-order valence-electron chi connectivity index (χ0n) is 20.1. The summed E-state index contributed by atoms with van der Waals surface area (Å²) in [5, 5.41) is 1.06. The van der Waals surface area contributed by atoms with Gasteiger partial charge in [-0.05, 0) is 48.9 Å². The molecule has 6 rings (SSSR count). The maximum absolute atomic E-state index is 13.5. The van der Waals surface area contributed by atoms with Crippen LogP contribution in [0, 0.1) is 12.7 Å². The van der Waals surface area contributed by atoms with Gasteiger partial charge in [-0.3, -0.25) is 9.59 Å². The molecule has 4 aromatic rings. The van der Waals surface area contributed by atoms with Gasteiger partial charge in [0, 0.05) is 59.6 Å². The van der Waals surface area contributed by atoms with Crippen LogP contribution < -0.4 is 4.90 Å². The van der Waals surface area contributed by atoms with E-state index in [-0.39, 0.29) is 30.2 Å². The Morgan fingerprint density at radius 2 is 1.64 bits per heavy atom. The molecule has 0 spiro atoms. The van der Waals surface area contributed by atoms with Gasteiger partial charge in [0.15, 0.2) is 0 Å². The van der Waals surface area contributed by atoms with Gasteiger partial charge in [-0.25, -0.2) is 4.39 Å². The number of para-hydroxylation sites is 1. The molecule has 182 valence electrons. The van der Waals surface area contributed by atoms with Gasteiger partial charge in [-0.15, -0.1) is 0 Å². The van der Waals surface area contributed by atoms with Crippen LogP contribution in [0.1, 0.15) is 33.2 Å². The summed E-state index contributed by atoms with van der Waals surface area (Å²) in [6.45, 7) is 4.49. The Labute approximate surface area is 208 Å². The number of aromatic nitrogens is 1. The molecule has 1 saturated heterocycles. The first-order chi connectivity index (χ1) is 17.5.